The number of carbonyl (C=O) groups excluding carboxylic acids is 1. The average molecular weight is 458 g/mol. The minimum Gasteiger partial charge on any atom is -0.451 e. The Labute approximate surface area is 199 Å². The Kier molecular flexibility index (Phi) is 6.90. The fraction of sp³-hybridized carbons (Fsp3) is 0.333. The molecular formula is C27H31N5O2. The number of anilines is 1. The van der Waals surface area contributed by atoms with Crippen molar-refractivity contribution in [3.8, 4) is 6.07 Å². The lowest BCUT2D eigenvalue weighted by molar-refractivity contribution is 0.0976. The summed E-state index contributed by atoms with van der Waals surface area (Å²) in [4.78, 5) is 19.6. The number of piperazine rings is 1. The molecule has 0 unspecified atom stereocenters. The van der Waals surface area contributed by atoms with Crippen molar-refractivity contribution in [2.45, 2.75) is 26.7 Å². The van der Waals surface area contributed by atoms with Gasteiger partial charge in [0.15, 0.2) is 5.76 Å². The van der Waals surface area contributed by atoms with E-state index in [4.69, 9.17) is 15.4 Å². The first-order valence-electron chi connectivity index (χ1n) is 11.4. The van der Waals surface area contributed by atoms with Gasteiger partial charge in [-0.3, -0.25) is 9.69 Å². The summed E-state index contributed by atoms with van der Waals surface area (Å²) in [6.07, 6.45) is 5.38. The molecule has 7 heteroatoms. The van der Waals surface area contributed by atoms with Gasteiger partial charge in [-0.1, -0.05) is 7.43 Å². The molecule has 0 radical (unpaired) electrons. The van der Waals surface area contributed by atoms with Crippen LogP contribution in [-0.4, -0.2) is 48.5 Å². The number of carbonyl (C=O) groups is 1. The average Bonchev–Trinajstić information content (AvgIpc) is 3.45. The summed E-state index contributed by atoms with van der Waals surface area (Å²) in [6, 6.07) is 15.8. The summed E-state index contributed by atoms with van der Waals surface area (Å²) < 4.78 is 5.49. The summed E-state index contributed by atoms with van der Waals surface area (Å²) in [6.45, 7) is 5.13. The molecule has 1 amide bonds. The summed E-state index contributed by atoms with van der Waals surface area (Å²) in [7, 11) is 0. The molecule has 176 valence electrons. The Balaban J connectivity index is 0.00000274. The number of furan rings is 1. The molecule has 4 aromatic rings. The predicted octanol–water partition coefficient (Wildman–Crippen LogP) is 4.67. The number of H-pyrrole nitrogens is 1. The van der Waals surface area contributed by atoms with E-state index in [0.29, 0.717) is 11.1 Å². The molecule has 34 heavy (non-hydrogen) atoms. The minimum absolute atomic E-state index is 0. The van der Waals surface area contributed by atoms with Gasteiger partial charge in [0.25, 0.3) is 5.91 Å². The lowest BCUT2D eigenvalue weighted by Crippen LogP contribution is -2.46. The van der Waals surface area contributed by atoms with E-state index in [1.54, 1.807) is 6.07 Å². The van der Waals surface area contributed by atoms with Crippen LogP contribution in [0.15, 0.2) is 53.1 Å². The topological polar surface area (TPSA) is 102 Å². The molecule has 1 aliphatic heterocycles. The molecule has 0 spiro atoms. The molecule has 1 aliphatic rings. The van der Waals surface area contributed by atoms with Gasteiger partial charge in [0.2, 0.25) is 0 Å². The second-order valence-electron chi connectivity index (χ2n) is 8.67. The van der Waals surface area contributed by atoms with E-state index in [-0.39, 0.29) is 13.2 Å². The number of rotatable bonds is 7. The first-order valence-corrected chi connectivity index (χ1v) is 11.4. The molecule has 2 aromatic carbocycles. The highest BCUT2D eigenvalue weighted by Crippen LogP contribution is 2.26. The molecular weight excluding hydrogens is 426 g/mol. The van der Waals surface area contributed by atoms with E-state index in [1.165, 1.54) is 10.9 Å². The van der Waals surface area contributed by atoms with Gasteiger partial charge < -0.3 is 20.0 Å². The highest BCUT2D eigenvalue weighted by molar-refractivity contribution is 5.95. The van der Waals surface area contributed by atoms with Gasteiger partial charge in [-0.05, 0) is 73.8 Å². The van der Waals surface area contributed by atoms with Gasteiger partial charge in [0.05, 0.1) is 11.6 Å². The van der Waals surface area contributed by atoms with Gasteiger partial charge in [-0.25, -0.2) is 0 Å². The van der Waals surface area contributed by atoms with Crippen LogP contribution in [0.4, 0.5) is 5.69 Å². The second-order valence-corrected chi connectivity index (χ2v) is 8.67. The van der Waals surface area contributed by atoms with Crippen molar-refractivity contribution in [1.82, 2.24) is 9.88 Å². The zero-order valence-corrected chi connectivity index (χ0v) is 18.5. The summed E-state index contributed by atoms with van der Waals surface area (Å²) in [5, 5.41) is 11.2. The standard InChI is InChI=1S/C26H27N5O2.CH4/c27-16-18-4-6-23-22(13-18)19(17-29-23)3-1-2-8-30-9-11-31(12-10-30)21-5-7-24-20(14-21)15-25(33-24)26(28)32;/h4-7,13-15,17,29H,1-3,8-12H2,(H2,28,32);1H4. The Bertz CT molecular complexity index is 1340. The molecule has 0 saturated carbocycles. The predicted molar refractivity (Wildman–Crippen MR) is 136 cm³/mol. The summed E-state index contributed by atoms with van der Waals surface area (Å²) in [5.41, 5.74) is 10.3. The number of primary amides is 1. The summed E-state index contributed by atoms with van der Waals surface area (Å²) >= 11 is 0. The molecule has 2 aromatic heterocycles. The van der Waals surface area contributed by atoms with Gasteiger partial charge in [-0.15, -0.1) is 0 Å². The minimum atomic E-state index is -0.544. The van der Waals surface area contributed by atoms with Gasteiger partial charge in [0, 0.05) is 54.4 Å². The number of hydrogen-bond donors (Lipinski definition) is 2. The van der Waals surface area contributed by atoms with E-state index in [0.717, 1.165) is 68.6 Å². The molecule has 1 saturated heterocycles. The third-order valence-corrected chi connectivity index (χ3v) is 6.55. The third-order valence-electron chi connectivity index (χ3n) is 6.55. The first kappa shape index (κ1) is 23.4. The zero-order valence-electron chi connectivity index (χ0n) is 18.5. The van der Waals surface area contributed by atoms with Crippen LogP contribution in [0.2, 0.25) is 0 Å². The van der Waals surface area contributed by atoms with Gasteiger partial charge in [0.1, 0.15) is 5.58 Å². The van der Waals surface area contributed by atoms with E-state index >= 15 is 0 Å². The van der Waals surface area contributed by atoms with Crippen LogP contribution in [0, 0.1) is 11.3 Å². The fourth-order valence-electron chi connectivity index (χ4n) is 4.68. The Morgan fingerprint density at radius 3 is 2.68 bits per heavy atom. The third kappa shape index (κ3) is 4.78. The van der Waals surface area contributed by atoms with Crippen molar-refractivity contribution in [1.29, 1.82) is 5.26 Å². The smallest absolute Gasteiger partial charge is 0.284 e. The zero-order chi connectivity index (χ0) is 22.8. The van der Waals surface area contributed by atoms with E-state index < -0.39 is 5.91 Å². The van der Waals surface area contributed by atoms with Crippen molar-refractivity contribution in [2.75, 3.05) is 37.6 Å². The Hall–Kier alpha value is -3.76. The lowest BCUT2D eigenvalue weighted by atomic mass is 10.1. The molecule has 5 rings (SSSR count). The molecule has 3 heterocycles. The maximum absolute atomic E-state index is 11.4. The molecule has 1 fully saturated rings. The van der Waals surface area contributed by atoms with Crippen molar-refractivity contribution < 1.29 is 9.21 Å². The van der Waals surface area contributed by atoms with Crippen molar-refractivity contribution in [3.63, 3.8) is 0 Å². The largest absolute Gasteiger partial charge is 0.451 e. The number of aryl methyl sites for hydroxylation is 1. The number of nitrogens with one attached hydrogen (secondary N) is 1. The number of benzene rings is 2. The number of aromatic nitrogens is 1. The van der Waals surface area contributed by atoms with Crippen molar-refractivity contribution >= 4 is 33.5 Å². The SMILES string of the molecule is C.N#Cc1ccc2[nH]cc(CCCCN3CCN(c4ccc5oc(C(N)=O)cc5c4)CC3)c2c1. The Morgan fingerprint density at radius 2 is 1.91 bits per heavy atom. The number of fused-ring (bicyclic) bond motifs is 2. The number of unbranched alkanes of at least 4 members (excludes halogenated alkanes) is 1. The molecule has 0 bridgehead atoms. The number of amides is 1. The monoisotopic (exact) mass is 457 g/mol. The molecule has 0 aliphatic carbocycles. The fourth-order valence-corrected chi connectivity index (χ4v) is 4.68. The second kappa shape index (κ2) is 10.0. The lowest BCUT2D eigenvalue weighted by Gasteiger charge is -2.36. The number of nitrogens with zero attached hydrogens (tertiary/aromatic N) is 3. The summed E-state index contributed by atoms with van der Waals surface area (Å²) in [5.74, 6) is -0.344. The number of nitriles is 1. The molecule has 3 N–H and O–H groups in total. The first-order chi connectivity index (χ1) is 16.1. The van der Waals surface area contributed by atoms with Crippen LogP contribution in [0.5, 0.6) is 0 Å². The maximum atomic E-state index is 11.4. The maximum Gasteiger partial charge on any atom is 0.284 e. The van der Waals surface area contributed by atoms with Crippen molar-refractivity contribution in [2.24, 2.45) is 5.73 Å². The van der Waals surface area contributed by atoms with Crippen LogP contribution in [0.1, 0.15) is 41.9 Å². The van der Waals surface area contributed by atoms with Crippen LogP contribution in [0.25, 0.3) is 21.9 Å². The van der Waals surface area contributed by atoms with E-state index in [2.05, 4.69) is 33.1 Å². The van der Waals surface area contributed by atoms with Crippen LogP contribution < -0.4 is 10.6 Å². The van der Waals surface area contributed by atoms with Crippen molar-refractivity contribution in [3.05, 3.63) is 65.5 Å². The highest BCUT2D eigenvalue weighted by Gasteiger charge is 2.18. The number of nitrogens with two attached hydrogens (primary N) is 1. The van der Waals surface area contributed by atoms with Gasteiger partial charge in [-0.2, -0.15) is 5.26 Å². The van der Waals surface area contributed by atoms with Crippen LogP contribution in [-0.2, 0) is 6.42 Å². The Morgan fingerprint density at radius 1 is 1.09 bits per heavy atom. The van der Waals surface area contributed by atoms with E-state index in [1.807, 2.05) is 30.3 Å². The van der Waals surface area contributed by atoms with E-state index in [9.17, 15) is 4.79 Å². The number of aromatic amines is 1. The van der Waals surface area contributed by atoms with Gasteiger partial charge >= 0.3 is 0 Å². The quantitative estimate of drug-likeness (QED) is 0.393. The van der Waals surface area contributed by atoms with Crippen LogP contribution >= 0.6 is 0 Å². The highest BCUT2D eigenvalue weighted by atomic mass is 16.3. The number of hydrogen-bond acceptors (Lipinski definition) is 5. The molecule has 0 atom stereocenters. The van der Waals surface area contributed by atoms with Crippen LogP contribution in [0.3, 0.4) is 0 Å². The molecule has 7 nitrogen and oxygen atoms in total. The normalized spacial score (nSPS) is 14.3.